The van der Waals surface area contributed by atoms with Gasteiger partial charge in [-0.05, 0) is 27.7 Å². The first kappa shape index (κ1) is 14.7. The minimum absolute atomic E-state index is 0.264. The van der Waals surface area contributed by atoms with Crippen LogP contribution in [0.2, 0.25) is 0 Å². The van der Waals surface area contributed by atoms with E-state index in [-0.39, 0.29) is 6.61 Å². The maximum Gasteiger partial charge on any atom is 0.335 e. The Morgan fingerprint density at radius 2 is 1.79 bits per heavy atom. The van der Waals surface area contributed by atoms with E-state index in [1.165, 1.54) is 0 Å². The number of rotatable bonds is 3. The Morgan fingerprint density at radius 1 is 1.16 bits per heavy atom. The van der Waals surface area contributed by atoms with Gasteiger partial charge in [-0.15, -0.1) is 0 Å². The van der Waals surface area contributed by atoms with E-state index in [0.717, 1.165) is 0 Å². The van der Waals surface area contributed by atoms with E-state index in [0.29, 0.717) is 0 Å². The summed E-state index contributed by atoms with van der Waals surface area (Å²) in [5.41, 5.74) is 0. The van der Waals surface area contributed by atoms with Crippen LogP contribution in [0.5, 0.6) is 0 Å². The standard InChI is InChI=1S/C12H20O7/c1-11(2)16-5-6(17-11)8-9(7(13)10(14)15)19-12(3,4)18-8/h6-9,13H,5H2,1-4H3,(H,14,15)/t6-,7-,8+,9-/m1/s1. The Balaban J connectivity index is 2.15. The third-order valence-electron chi connectivity index (χ3n) is 3.12. The minimum atomic E-state index is -1.67. The first-order valence-corrected chi connectivity index (χ1v) is 6.20. The van der Waals surface area contributed by atoms with E-state index in [2.05, 4.69) is 0 Å². The highest BCUT2D eigenvalue weighted by molar-refractivity contribution is 5.73. The zero-order valence-electron chi connectivity index (χ0n) is 11.5. The van der Waals surface area contributed by atoms with Crippen LogP contribution in [0, 0.1) is 0 Å². The topological polar surface area (TPSA) is 94.5 Å². The fraction of sp³-hybridized carbons (Fsp3) is 0.917. The third-order valence-corrected chi connectivity index (χ3v) is 3.12. The van der Waals surface area contributed by atoms with E-state index >= 15 is 0 Å². The van der Waals surface area contributed by atoms with Crippen LogP contribution in [-0.2, 0) is 23.7 Å². The fourth-order valence-corrected chi connectivity index (χ4v) is 2.37. The van der Waals surface area contributed by atoms with Crippen LogP contribution < -0.4 is 0 Å². The maximum atomic E-state index is 10.9. The molecule has 4 atom stereocenters. The predicted molar refractivity (Wildman–Crippen MR) is 62.4 cm³/mol. The second-order valence-corrected chi connectivity index (χ2v) is 5.71. The summed E-state index contributed by atoms with van der Waals surface area (Å²) in [6, 6.07) is 0. The molecule has 0 radical (unpaired) electrons. The van der Waals surface area contributed by atoms with Gasteiger partial charge in [0.1, 0.15) is 18.3 Å². The van der Waals surface area contributed by atoms with Crippen molar-refractivity contribution in [1.82, 2.24) is 0 Å². The molecule has 2 N–H and O–H groups in total. The summed E-state index contributed by atoms with van der Waals surface area (Å²) >= 11 is 0. The van der Waals surface area contributed by atoms with Crippen molar-refractivity contribution in [2.75, 3.05) is 6.61 Å². The largest absolute Gasteiger partial charge is 0.479 e. The Bertz CT molecular complexity index is 365. The monoisotopic (exact) mass is 276 g/mol. The molecule has 0 saturated carbocycles. The molecule has 7 nitrogen and oxygen atoms in total. The Hall–Kier alpha value is -0.730. The molecule has 0 bridgehead atoms. The second kappa shape index (κ2) is 4.68. The maximum absolute atomic E-state index is 10.9. The van der Waals surface area contributed by atoms with E-state index < -0.39 is 42.0 Å². The average molecular weight is 276 g/mol. The third kappa shape index (κ3) is 3.06. The molecular formula is C12H20O7. The highest BCUT2D eigenvalue weighted by Gasteiger charge is 2.53. The smallest absolute Gasteiger partial charge is 0.335 e. The SMILES string of the molecule is CC1(C)O[C@@H]([C@H]2COC(C)(C)O2)[C@@H]([C@@H](O)C(=O)O)O1. The summed E-state index contributed by atoms with van der Waals surface area (Å²) in [6.07, 6.45) is -3.83. The number of hydrogen-bond acceptors (Lipinski definition) is 6. The highest BCUT2D eigenvalue weighted by Crippen LogP contribution is 2.36. The lowest BCUT2D eigenvalue weighted by Gasteiger charge is -2.24. The first-order chi connectivity index (χ1) is 8.61. The van der Waals surface area contributed by atoms with Crippen molar-refractivity contribution in [2.45, 2.75) is 63.7 Å². The number of ether oxygens (including phenoxy) is 4. The number of hydrogen-bond donors (Lipinski definition) is 2. The zero-order valence-corrected chi connectivity index (χ0v) is 11.5. The van der Waals surface area contributed by atoms with Gasteiger partial charge >= 0.3 is 5.97 Å². The summed E-state index contributed by atoms with van der Waals surface area (Å²) in [4.78, 5) is 10.9. The van der Waals surface area contributed by atoms with Crippen molar-refractivity contribution in [3.63, 3.8) is 0 Å². The molecule has 0 unspecified atom stereocenters. The zero-order chi connectivity index (χ0) is 14.4. The second-order valence-electron chi connectivity index (χ2n) is 5.71. The molecule has 110 valence electrons. The summed E-state index contributed by atoms with van der Waals surface area (Å²) in [5, 5.41) is 18.6. The molecule has 19 heavy (non-hydrogen) atoms. The van der Waals surface area contributed by atoms with Crippen molar-refractivity contribution in [3.05, 3.63) is 0 Å². The number of aliphatic hydroxyl groups excluding tert-OH is 1. The molecule has 2 fully saturated rings. The van der Waals surface area contributed by atoms with Crippen LogP contribution in [0.15, 0.2) is 0 Å². The molecule has 2 aliphatic rings. The number of aliphatic carboxylic acids is 1. The summed E-state index contributed by atoms with van der Waals surface area (Å²) < 4.78 is 22.2. The minimum Gasteiger partial charge on any atom is -0.479 e. The van der Waals surface area contributed by atoms with Crippen molar-refractivity contribution in [1.29, 1.82) is 0 Å². The van der Waals surface area contributed by atoms with E-state index in [9.17, 15) is 9.90 Å². The molecule has 2 rings (SSSR count). The lowest BCUT2D eigenvalue weighted by Crippen LogP contribution is -2.46. The molecule has 0 aliphatic carbocycles. The Labute approximate surface area is 111 Å². The molecule has 2 heterocycles. The van der Waals surface area contributed by atoms with Gasteiger partial charge in [-0.2, -0.15) is 0 Å². The molecule has 2 saturated heterocycles. The van der Waals surface area contributed by atoms with Crippen molar-refractivity contribution >= 4 is 5.97 Å². The van der Waals surface area contributed by atoms with Gasteiger partial charge in [0.2, 0.25) is 0 Å². The van der Waals surface area contributed by atoms with Crippen molar-refractivity contribution in [2.24, 2.45) is 0 Å². The van der Waals surface area contributed by atoms with Gasteiger partial charge in [0, 0.05) is 0 Å². The van der Waals surface area contributed by atoms with Gasteiger partial charge in [0.05, 0.1) is 6.61 Å². The Kier molecular flexibility index (Phi) is 3.61. The summed E-state index contributed by atoms with van der Waals surface area (Å²) in [6.45, 7) is 7.11. The first-order valence-electron chi connectivity index (χ1n) is 6.20. The van der Waals surface area contributed by atoms with Gasteiger partial charge in [-0.1, -0.05) is 0 Å². The lowest BCUT2D eigenvalue weighted by molar-refractivity contribution is -0.176. The van der Waals surface area contributed by atoms with Gasteiger partial charge in [0.15, 0.2) is 17.7 Å². The van der Waals surface area contributed by atoms with Crippen LogP contribution in [-0.4, -0.2) is 58.8 Å². The number of carboxylic acids is 1. The number of aliphatic hydroxyl groups is 1. The number of carbonyl (C=O) groups is 1. The molecule has 7 heteroatoms. The molecule has 0 spiro atoms. The van der Waals surface area contributed by atoms with Gasteiger partial charge in [0.25, 0.3) is 0 Å². The van der Waals surface area contributed by atoms with Crippen LogP contribution in [0.25, 0.3) is 0 Å². The van der Waals surface area contributed by atoms with Crippen LogP contribution in [0.4, 0.5) is 0 Å². The molecule has 0 aromatic heterocycles. The van der Waals surface area contributed by atoms with Crippen LogP contribution in [0.1, 0.15) is 27.7 Å². The summed E-state index contributed by atoms with van der Waals surface area (Å²) in [5.74, 6) is -3.07. The highest BCUT2D eigenvalue weighted by atomic mass is 16.8. The lowest BCUT2D eigenvalue weighted by atomic mass is 10.0. The predicted octanol–water partition coefficient (Wildman–Crippen LogP) is 0.103. The van der Waals surface area contributed by atoms with Gasteiger partial charge < -0.3 is 29.2 Å². The Morgan fingerprint density at radius 3 is 2.26 bits per heavy atom. The molecular weight excluding hydrogens is 256 g/mol. The van der Waals surface area contributed by atoms with Crippen LogP contribution >= 0.6 is 0 Å². The molecule has 0 aromatic rings. The van der Waals surface area contributed by atoms with Gasteiger partial charge in [-0.25, -0.2) is 4.79 Å². The van der Waals surface area contributed by atoms with E-state index in [1.54, 1.807) is 27.7 Å². The average Bonchev–Trinajstić information content (AvgIpc) is 2.77. The summed E-state index contributed by atoms with van der Waals surface area (Å²) in [7, 11) is 0. The molecule has 0 amide bonds. The molecule has 2 aliphatic heterocycles. The normalized spacial score (nSPS) is 38.3. The quantitative estimate of drug-likeness (QED) is 0.755. The van der Waals surface area contributed by atoms with Crippen molar-refractivity contribution < 1.29 is 34.0 Å². The van der Waals surface area contributed by atoms with Crippen molar-refractivity contribution in [3.8, 4) is 0 Å². The van der Waals surface area contributed by atoms with Gasteiger partial charge in [-0.3, -0.25) is 0 Å². The van der Waals surface area contributed by atoms with Crippen LogP contribution in [0.3, 0.4) is 0 Å². The number of carboxylic acid groups (broad SMARTS) is 1. The molecule has 0 aromatic carbocycles. The van der Waals surface area contributed by atoms with E-state index in [1.807, 2.05) is 0 Å². The van der Waals surface area contributed by atoms with E-state index in [4.69, 9.17) is 24.1 Å². The fourth-order valence-electron chi connectivity index (χ4n) is 2.37.